The van der Waals surface area contributed by atoms with Gasteiger partial charge >= 0.3 is 0 Å². The van der Waals surface area contributed by atoms with Crippen LogP contribution >= 0.6 is 0 Å². The van der Waals surface area contributed by atoms with Gasteiger partial charge in [-0.25, -0.2) is 0 Å². The zero-order chi connectivity index (χ0) is 26.0. The number of unbranched alkanes of at least 4 members (excludes halogenated alkanes) is 15. The zero-order valence-corrected chi connectivity index (χ0v) is 22.7. The molecule has 0 aliphatic carbocycles. The zero-order valence-electron chi connectivity index (χ0n) is 22.7. The summed E-state index contributed by atoms with van der Waals surface area (Å²) >= 11 is 0. The number of Topliss-reactive ketones (excluding diaryl/α,β-unsaturated/α-hetero) is 1. The van der Waals surface area contributed by atoms with Crippen molar-refractivity contribution < 1.29 is 9.59 Å². The van der Waals surface area contributed by atoms with Crippen LogP contribution in [0.5, 0.6) is 0 Å². The summed E-state index contributed by atoms with van der Waals surface area (Å²) in [5, 5.41) is 11.9. The number of carbonyl (C=O) groups excluding carboxylic acids is 2. The summed E-state index contributed by atoms with van der Waals surface area (Å²) in [6.45, 7) is 4.87. The third kappa shape index (κ3) is 9.80. The molecule has 5 heteroatoms. The van der Waals surface area contributed by atoms with Crippen LogP contribution in [0, 0.1) is 18.3 Å². The predicted molar refractivity (Wildman–Crippen MR) is 149 cm³/mol. The molecule has 0 aliphatic heterocycles. The minimum absolute atomic E-state index is 0.165. The number of para-hydroxylation sites is 1. The first kappa shape index (κ1) is 29.6. The number of fused-ring (bicyclic) bond motifs is 1. The largest absolute Gasteiger partial charge is 0.344 e. The highest BCUT2D eigenvalue weighted by Gasteiger charge is 2.24. The van der Waals surface area contributed by atoms with Crippen LogP contribution in [0.4, 0.5) is 0 Å². The van der Waals surface area contributed by atoms with Gasteiger partial charge in [0.1, 0.15) is 6.54 Å². The van der Waals surface area contributed by atoms with Crippen molar-refractivity contribution in [3.05, 3.63) is 35.5 Å². The van der Waals surface area contributed by atoms with Crippen molar-refractivity contribution in [1.82, 2.24) is 9.88 Å². The molecule has 0 spiro atoms. The summed E-state index contributed by atoms with van der Waals surface area (Å²) in [5.74, 6) is -1.28. The number of nitrogens with zero attached hydrogens (tertiary/aromatic N) is 2. The number of carbonyl (C=O) groups is 2. The fourth-order valence-corrected chi connectivity index (χ4v) is 5.14. The molecule has 1 amide bonds. The lowest BCUT2D eigenvalue weighted by atomic mass is 10.0. The van der Waals surface area contributed by atoms with Crippen LogP contribution in [-0.4, -0.2) is 22.8 Å². The Balaban J connectivity index is 1.65. The standard InChI is InChI=1S/C31H47N3O2/c1-3-4-5-6-7-8-9-10-11-12-13-14-15-16-17-20-25-34-26(2)29(27-21-18-19-22-28(27)34)30(35)31(36)33-24-23-32/h18-19,21-22H,3-17,20,24-25H2,1-2H3,(H,33,36). The van der Waals surface area contributed by atoms with Gasteiger partial charge in [0.25, 0.3) is 11.7 Å². The van der Waals surface area contributed by atoms with Gasteiger partial charge in [0.05, 0.1) is 11.6 Å². The first-order chi connectivity index (χ1) is 17.6. The lowest BCUT2D eigenvalue weighted by molar-refractivity contribution is -0.116. The maximum absolute atomic E-state index is 12.8. The van der Waals surface area contributed by atoms with Crippen LogP contribution in [0.1, 0.15) is 126 Å². The summed E-state index contributed by atoms with van der Waals surface area (Å²) in [4.78, 5) is 25.0. The molecule has 1 aromatic carbocycles. The summed E-state index contributed by atoms with van der Waals surface area (Å²) in [6.07, 6.45) is 21.5. The summed E-state index contributed by atoms with van der Waals surface area (Å²) < 4.78 is 2.17. The third-order valence-corrected chi connectivity index (χ3v) is 7.23. The fourth-order valence-electron chi connectivity index (χ4n) is 5.14. The molecule has 0 atom stereocenters. The summed E-state index contributed by atoms with van der Waals surface area (Å²) in [7, 11) is 0. The number of ketones is 1. The molecule has 0 unspecified atom stereocenters. The van der Waals surface area contributed by atoms with Crippen molar-refractivity contribution in [3.8, 4) is 6.07 Å². The Hall–Kier alpha value is -2.61. The Morgan fingerprint density at radius 2 is 1.31 bits per heavy atom. The minimum atomic E-state index is -0.718. The molecule has 2 aromatic rings. The minimum Gasteiger partial charge on any atom is -0.344 e. The first-order valence-electron chi connectivity index (χ1n) is 14.4. The van der Waals surface area contributed by atoms with Gasteiger partial charge in [-0.1, -0.05) is 121 Å². The molecule has 1 heterocycles. The number of aryl methyl sites for hydroxylation is 1. The normalized spacial score (nSPS) is 11.0. The Bertz CT molecular complexity index is 970. The van der Waals surface area contributed by atoms with E-state index in [1.165, 1.54) is 96.3 Å². The van der Waals surface area contributed by atoms with Crippen LogP contribution in [0.25, 0.3) is 10.9 Å². The number of hydrogen-bond acceptors (Lipinski definition) is 3. The SMILES string of the molecule is CCCCCCCCCCCCCCCCCCn1c(C)c(C(=O)C(=O)NCC#N)c2ccccc21. The molecule has 198 valence electrons. The first-order valence-corrected chi connectivity index (χ1v) is 14.4. The van der Waals surface area contributed by atoms with Gasteiger partial charge in [0.2, 0.25) is 0 Å². The van der Waals surface area contributed by atoms with Crippen molar-refractivity contribution in [2.75, 3.05) is 6.54 Å². The van der Waals surface area contributed by atoms with Gasteiger partial charge in [-0.2, -0.15) is 5.26 Å². The topological polar surface area (TPSA) is 74.9 Å². The van der Waals surface area contributed by atoms with Gasteiger partial charge in [-0.15, -0.1) is 0 Å². The molecule has 5 nitrogen and oxygen atoms in total. The number of aromatic nitrogens is 1. The number of benzene rings is 1. The van der Waals surface area contributed by atoms with Crippen LogP contribution in [-0.2, 0) is 11.3 Å². The van der Waals surface area contributed by atoms with Gasteiger partial charge in [-0.3, -0.25) is 9.59 Å². The Morgan fingerprint density at radius 1 is 0.806 bits per heavy atom. The highest BCUT2D eigenvalue weighted by atomic mass is 16.2. The average Bonchev–Trinajstić information content (AvgIpc) is 3.17. The number of rotatable bonds is 20. The van der Waals surface area contributed by atoms with E-state index in [9.17, 15) is 9.59 Å². The summed E-state index contributed by atoms with van der Waals surface area (Å²) in [6, 6.07) is 9.62. The second-order valence-corrected chi connectivity index (χ2v) is 10.1. The van der Waals surface area contributed by atoms with Crippen LogP contribution in [0.15, 0.2) is 24.3 Å². The predicted octanol–water partition coefficient (Wildman–Crippen LogP) is 8.03. The van der Waals surface area contributed by atoms with Crippen molar-refractivity contribution in [3.63, 3.8) is 0 Å². The van der Waals surface area contributed by atoms with E-state index in [1.54, 1.807) is 0 Å². The quantitative estimate of drug-likeness (QED) is 0.0877. The maximum Gasteiger partial charge on any atom is 0.293 e. The second-order valence-electron chi connectivity index (χ2n) is 10.1. The molecular weight excluding hydrogens is 446 g/mol. The fraction of sp³-hybridized carbons (Fsp3) is 0.645. The second kappa shape index (κ2) is 17.8. The van der Waals surface area contributed by atoms with Crippen LogP contribution in [0.3, 0.4) is 0 Å². The van der Waals surface area contributed by atoms with E-state index in [0.717, 1.165) is 29.6 Å². The highest BCUT2D eigenvalue weighted by molar-refractivity contribution is 6.45. The highest BCUT2D eigenvalue weighted by Crippen LogP contribution is 2.27. The Kier molecular flexibility index (Phi) is 14.6. The van der Waals surface area contributed by atoms with Crippen molar-refractivity contribution in [2.24, 2.45) is 0 Å². The molecule has 0 fully saturated rings. The molecule has 2 rings (SSSR count). The van der Waals surface area contributed by atoms with E-state index < -0.39 is 11.7 Å². The summed E-state index contributed by atoms with van der Waals surface area (Å²) in [5.41, 5.74) is 2.28. The average molecular weight is 494 g/mol. The van der Waals surface area contributed by atoms with Gasteiger partial charge in [0, 0.05) is 23.1 Å². The molecule has 0 bridgehead atoms. The number of nitrogens with one attached hydrogen (secondary N) is 1. The molecule has 0 saturated carbocycles. The molecular formula is C31H47N3O2. The number of hydrogen-bond donors (Lipinski definition) is 1. The lowest BCUT2D eigenvalue weighted by Gasteiger charge is -2.09. The molecule has 0 saturated heterocycles. The third-order valence-electron chi connectivity index (χ3n) is 7.23. The molecule has 1 aromatic heterocycles. The molecule has 0 radical (unpaired) electrons. The smallest absolute Gasteiger partial charge is 0.293 e. The molecule has 36 heavy (non-hydrogen) atoms. The van der Waals surface area contributed by atoms with Crippen molar-refractivity contribution >= 4 is 22.6 Å². The van der Waals surface area contributed by atoms with E-state index >= 15 is 0 Å². The van der Waals surface area contributed by atoms with E-state index in [2.05, 4.69) is 16.8 Å². The van der Waals surface area contributed by atoms with E-state index in [4.69, 9.17) is 5.26 Å². The number of nitriles is 1. The lowest BCUT2D eigenvalue weighted by Crippen LogP contribution is -2.31. The monoisotopic (exact) mass is 493 g/mol. The van der Waals surface area contributed by atoms with Gasteiger partial charge in [-0.05, 0) is 19.4 Å². The Labute approximate surface area is 218 Å². The van der Waals surface area contributed by atoms with E-state index in [0.29, 0.717) is 5.56 Å². The van der Waals surface area contributed by atoms with E-state index in [-0.39, 0.29) is 6.54 Å². The van der Waals surface area contributed by atoms with Gasteiger partial charge < -0.3 is 9.88 Å². The Morgan fingerprint density at radius 3 is 1.83 bits per heavy atom. The van der Waals surface area contributed by atoms with Crippen LogP contribution in [0.2, 0.25) is 0 Å². The molecule has 0 aliphatic rings. The van der Waals surface area contributed by atoms with Crippen molar-refractivity contribution in [2.45, 2.75) is 123 Å². The number of amides is 1. The van der Waals surface area contributed by atoms with Gasteiger partial charge in [0.15, 0.2) is 0 Å². The van der Waals surface area contributed by atoms with Crippen LogP contribution < -0.4 is 5.32 Å². The molecule has 1 N–H and O–H groups in total. The van der Waals surface area contributed by atoms with E-state index in [1.807, 2.05) is 37.3 Å². The maximum atomic E-state index is 12.8. The van der Waals surface area contributed by atoms with Crippen molar-refractivity contribution in [1.29, 1.82) is 5.26 Å².